The van der Waals surface area contributed by atoms with Gasteiger partial charge in [0, 0.05) is 11.4 Å². The molecule has 2 rings (SSSR count). The third kappa shape index (κ3) is 2.64. The molecule has 100 valence electrons. The lowest BCUT2D eigenvalue weighted by Gasteiger charge is -2.32. The minimum absolute atomic E-state index is 0.291. The number of anilines is 1. The summed E-state index contributed by atoms with van der Waals surface area (Å²) in [7, 11) is 0. The number of aromatic nitrogens is 1. The molecular weight excluding hydrogens is 252 g/mol. The topological polar surface area (TPSA) is 51.7 Å². The van der Waals surface area contributed by atoms with Crippen LogP contribution in [0.5, 0.6) is 0 Å². The highest BCUT2D eigenvalue weighted by Gasteiger charge is 2.25. The van der Waals surface area contributed by atoms with E-state index in [9.17, 15) is 4.79 Å². The lowest BCUT2D eigenvalue weighted by atomic mass is 10.3. The maximum atomic E-state index is 11.7. The predicted octanol–water partition coefficient (Wildman–Crippen LogP) is 1.85. The van der Waals surface area contributed by atoms with E-state index in [0.29, 0.717) is 31.6 Å². The van der Waals surface area contributed by atoms with Gasteiger partial charge in [-0.15, -0.1) is 11.3 Å². The number of nitrogens with zero attached hydrogens (tertiary/aromatic N) is 2. The fraction of sp³-hybridized carbons (Fsp3) is 0.667. The Morgan fingerprint density at radius 1 is 1.67 bits per heavy atom. The van der Waals surface area contributed by atoms with Crippen LogP contribution in [0.2, 0.25) is 0 Å². The minimum Gasteiger partial charge on any atom is -0.461 e. The summed E-state index contributed by atoms with van der Waals surface area (Å²) in [6, 6.07) is 0.291. The molecule has 1 fully saturated rings. The molecule has 1 atom stereocenters. The van der Waals surface area contributed by atoms with Crippen molar-refractivity contribution in [1.82, 2.24) is 4.98 Å². The van der Waals surface area contributed by atoms with Crippen LogP contribution in [0.3, 0.4) is 0 Å². The van der Waals surface area contributed by atoms with E-state index in [0.717, 1.165) is 16.6 Å². The molecular formula is C12H18N2O3S. The van der Waals surface area contributed by atoms with E-state index in [1.807, 2.05) is 6.92 Å². The normalized spacial score (nSPS) is 19.9. The maximum absolute atomic E-state index is 11.7. The third-order valence-corrected chi connectivity index (χ3v) is 3.88. The van der Waals surface area contributed by atoms with E-state index in [-0.39, 0.29) is 5.97 Å². The molecule has 0 radical (unpaired) electrons. The number of hydrogen-bond acceptors (Lipinski definition) is 6. The average molecular weight is 270 g/mol. The monoisotopic (exact) mass is 270 g/mol. The van der Waals surface area contributed by atoms with E-state index in [1.165, 1.54) is 11.3 Å². The fourth-order valence-corrected chi connectivity index (χ4v) is 2.93. The molecule has 1 aliphatic rings. The summed E-state index contributed by atoms with van der Waals surface area (Å²) < 4.78 is 10.4. The molecule has 6 heteroatoms. The molecule has 1 aromatic rings. The van der Waals surface area contributed by atoms with Gasteiger partial charge in [0.2, 0.25) is 0 Å². The highest BCUT2D eigenvalue weighted by atomic mass is 32.1. The molecule has 1 unspecified atom stereocenters. The Bertz CT molecular complexity index is 433. The summed E-state index contributed by atoms with van der Waals surface area (Å²) in [5, 5.41) is 0.881. The number of esters is 1. The quantitative estimate of drug-likeness (QED) is 0.785. The highest BCUT2D eigenvalue weighted by molar-refractivity contribution is 7.15. The first-order valence-electron chi connectivity index (χ1n) is 6.12. The molecule has 0 aromatic carbocycles. The van der Waals surface area contributed by atoms with Crippen LogP contribution in [0, 0.1) is 6.92 Å². The number of ether oxygens (including phenoxy) is 2. The summed E-state index contributed by atoms with van der Waals surface area (Å²) in [6.45, 7) is 8.39. The second-order valence-electron chi connectivity index (χ2n) is 4.24. The molecule has 0 bridgehead atoms. The van der Waals surface area contributed by atoms with Crippen molar-refractivity contribution in [3.8, 4) is 0 Å². The number of aryl methyl sites for hydroxylation is 1. The van der Waals surface area contributed by atoms with Crippen molar-refractivity contribution in [1.29, 1.82) is 0 Å². The van der Waals surface area contributed by atoms with Gasteiger partial charge in [0.05, 0.1) is 25.9 Å². The molecule has 0 spiro atoms. The van der Waals surface area contributed by atoms with Crippen molar-refractivity contribution in [2.24, 2.45) is 0 Å². The number of hydrogen-bond donors (Lipinski definition) is 0. The Balaban J connectivity index is 2.19. The van der Waals surface area contributed by atoms with Gasteiger partial charge in [-0.3, -0.25) is 0 Å². The summed E-state index contributed by atoms with van der Waals surface area (Å²) in [5.74, 6) is -0.335. The first kappa shape index (κ1) is 13.3. The first-order valence-corrected chi connectivity index (χ1v) is 6.94. The van der Waals surface area contributed by atoms with Crippen molar-refractivity contribution in [3.05, 3.63) is 10.6 Å². The van der Waals surface area contributed by atoms with Crippen molar-refractivity contribution in [2.45, 2.75) is 26.8 Å². The second kappa shape index (κ2) is 5.67. The molecule has 18 heavy (non-hydrogen) atoms. The SMILES string of the molecule is CCOC(=O)c1nc(N2CCOCC2C)sc1C. The van der Waals surface area contributed by atoms with Crippen molar-refractivity contribution in [2.75, 3.05) is 31.3 Å². The van der Waals surface area contributed by atoms with Crippen LogP contribution >= 0.6 is 11.3 Å². The number of carbonyl (C=O) groups is 1. The van der Waals surface area contributed by atoms with Crippen molar-refractivity contribution < 1.29 is 14.3 Å². The van der Waals surface area contributed by atoms with E-state index in [4.69, 9.17) is 9.47 Å². The van der Waals surface area contributed by atoms with Crippen LogP contribution in [-0.2, 0) is 9.47 Å². The van der Waals surface area contributed by atoms with Gasteiger partial charge in [0.1, 0.15) is 0 Å². The molecule has 1 aliphatic heterocycles. The van der Waals surface area contributed by atoms with Crippen LogP contribution in [0.25, 0.3) is 0 Å². The number of carbonyl (C=O) groups excluding carboxylic acids is 1. The summed E-state index contributed by atoms with van der Waals surface area (Å²) in [6.07, 6.45) is 0. The van der Waals surface area contributed by atoms with Crippen LogP contribution in [0.15, 0.2) is 0 Å². The Labute approximate surface area is 111 Å². The van der Waals surface area contributed by atoms with Gasteiger partial charge < -0.3 is 14.4 Å². The predicted molar refractivity (Wildman–Crippen MR) is 70.4 cm³/mol. The van der Waals surface area contributed by atoms with E-state index >= 15 is 0 Å². The van der Waals surface area contributed by atoms with E-state index < -0.39 is 0 Å². The number of thiazole rings is 1. The molecule has 1 aromatic heterocycles. The lowest BCUT2D eigenvalue weighted by Crippen LogP contribution is -2.43. The van der Waals surface area contributed by atoms with Gasteiger partial charge in [0.15, 0.2) is 10.8 Å². The van der Waals surface area contributed by atoms with Crippen molar-refractivity contribution in [3.63, 3.8) is 0 Å². The van der Waals surface area contributed by atoms with Crippen LogP contribution < -0.4 is 4.90 Å². The Morgan fingerprint density at radius 3 is 3.11 bits per heavy atom. The largest absolute Gasteiger partial charge is 0.461 e. The molecule has 1 saturated heterocycles. The molecule has 0 saturated carbocycles. The van der Waals surface area contributed by atoms with Gasteiger partial charge in [0.25, 0.3) is 0 Å². The second-order valence-corrected chi connectivity index (χ2v) is 5.42. The first-order chi connectivity index (χ1) is 8.63. The molecule has 2 heterocycles. The number of rotatable bonds is 3. The summed E-state index contributed by atoms with van der Waals surface area (Å²) in [5.41, 5.74) is 0.440. The van der Waals surface area contributed by atoms with Gasteiger partial charge in [-0.25, -0.2) is 9.78 Å². The summed E-state index contributed by atoms with van der Waals surface area (Å²) >= 11 is 1.54. The van der Waals surface area contributed by atoms with Crippen molar-refractivity contribution >= 4 is 22.4 Å². The number of morpholine rings is 1. The smallest absolute Gasteiger partial charge is 0.358 e. The van der Waals surface area contributed by atoms with Gasteiger partial charge >= 0.3 is 5.97 Å². The Morgan fingerprint density at radius 2 is 2.44 bits per heavy atom. The lowest BCUT2D eigenvalue weighted by molar-refractivity contribution is 0.0519. The van der Waals surface area contributed by atoms with E-state index in [2.05, 4.69) is 16.8 Å². The maximum Gasteiger partial charge on any atom is 0.358 e. The Hall–Kier alpha value is -1.14. The zero-order valence-corrected chi connectivity index (χ0v) is 11.7. The van der Waals surface area contributed by atoms with Gasteiger partial charge in [-0.1, -0.05) is 0 Å². The minimum atomic E-state index is -0.335. The van der Waals surface area contributed by atoms with Crippen LogP contribution in [-0.4, -0.2) is 43.4 Å². The van der Waals surface area contributed by atoms with E-state index in [1.54, 1.807) is 6.92 Å². The van der Waals surface area contributed by atoms with Crippen LogP contribution in [0.1, 0.15) is 29.2 Å². The van der Waals surface area contributed by atoms with Gasteiger partial charge in [-0.2, -0.15) is 0 Å². The molecule has 5 nitrogen and oxygen atoms in total. The molecule has 0 amide bonds. The zero-order valence-electron chi connectivity index (χ0n) is 10.9. The fourth-order valence-electron chi connectivity index (χ4n) is 1.91. The Kier molecular flexibility index (Phi) is 4.19. The standard InChI is InChI=1S/C12H18N2O3S/c1-4-17-11(15)10-9(3)18-12(13-10)14-5-6-16-7-8(14)2/h8H,4-7H2,1-3H3. The molecule has 0 N–H and O–H groups in total. The molecule has 0 aliphatic carbocycles. The third-order valence-electron chi connectivity index (χ3n) is 2.87. The van der Waals surface area contributed by atoms with Gasteiger partial charge in [-0.05, 0) is 20.8 Å². The van der Waals surface area contributed by atoms with Crippen LogP contribution in [0.4, 0.5) is 5.13 Å². The zero-order chi connectivity index (χ0) is 13.1. The average Bonchev–Trinajstić information content (AvgIpc) is 2.72. The highest BCUT2D eigenvalue weighted by Crippen LogP contribution is 2.28. The summed E-state index contributed by atoms with van der Waals surface area (Å²) in [4.78, 5) is 19.2.